The van der Waals surface area contributed by atoms with Crippen LogP contribution >= 0.6 is 0 Å². The van der Waals surface area contributed by atoms with Crippen LogP contribution in [0.15, 0.2) is 28.5 Å². The van der Waals surface area contributed by atoms with Crippen molar-refractivity contribution in [2.75, 3.05) is 13.1 Å². The average Bonchev–Trinajstić information content (AvgIpc) is 2.66. The summed E-state index contributed by atoms with van der Waals surface area (Å²) in [6.45, 7) is 2.10. The van der Waals surface area contributed by atoms with Gasteiger partial charge < -0.3 is 5.32 Å². The molecule has 0 atom stereocenters. The van der Waals surface area contributed by atoms with Gasteiger partial charge in [-0.15, -0.1) is 0 Å². The van der Waals surface area contributed by atoms with Gasteiger partial charge in [-0.1, -0.05) is 12.1 Å². The number of piperidine rings is 1. The lowest BCUT2D eigenvalue weighted by atomic mass is 9.89. The molecule has 4 heteroatoms. The monoisotopic (exact) mass is 249 g/mol. The molecular weight excluding hydrogens is 234 g/mol. The minimum atomic E-state index is -3.15. The third kappa shape index (κ3) is 1.91. The third-order valence-corrected chi connectivity index (χ3v) is 5.06. The minimum absolute atomic E-state index is 0.454. The Hall–Kier alpha value is -1.13. The van der Waals surface area contributed by atoms with Crippen LogP contribution in [0.4, 0.5) is 0 Å². The van der Waals surface area contributed by atoms with E-state index in [0.29, 0.717) is 10.8 Å². The molecule has 0 bridgehead atoms. The number of hydrogen-bond donors (Lipinski definition) is 1. The lowest BCUT2D eigenvalue weighted by Gasteiger charge is -2.23. The summed E-state index contributed by atoms with van der Waals surface area (Å²) >= 11 is 0. The first-order valence-corrected chi connectivity index (χ1v) is 7.49. The van der Waals surface area contributed by atoms with Crippen molar-refractivity contribution in [3.8, 4) is 0 Å². The van der Waals surface area contributed by atoms with Crippen LogP contribution in [0.1, 0.15) is 29.9 Å². The zero-order chi connectivity index (χ0) is 11.9. The summed E-state index contributed by atoms with van der Waals surface area (Å²) in [5, 5.41) is 4.64. The van der Waals surface area contributed by atoms with Crippen molar-refractivity contribution in [3.05, 3.63) is 34.7 Å². The summed E-state index contributed by atoms with van der Waals surface area (Å²) in [6.07, 6.45) is 3.97. The van der Waals surface area contributed by atoms with Crippen LogP contribution in [-0.4, -0.2) is 21.5 Å². The molecule has 0 aliphatic carbocycles. The molecule has 0 aromatic heterocycles. The summed E-state index contributed by atoms with van der Waals surface area (Å²) in [7, 11) is -3.15. The molecule has 1 aromatic carbocycles. The van der Waals surface area contributed by atoms with Gasteiger partial charge in [-0.3, -0.25) is 0 Å². The lowest BCUT2D eigenvalue weighted by Crippen LogP contribution is -2.26. The molecule has 3 rings (SSSR count). The van der Waals surface area contributed by atoms with Crippen molar-refractivity contribution in [3.63, 3.8) is 0 Å². The standard InChI is InChI=1S/C13H15NO2S/c15-17(16)8-5-12-9-11(1-2-13(12)17)10-3-6-14-7-4-10/h1-2,5,8-10,14H,3-4,6-7H2. The second-order valence-electron chi connectivity index (χ2n) is 4.67. The van der Waals surface area contributed by atoms with Gasteiger partial charge in [0.25, 0.3) is 0 Å². The van der Waals surface area contributed by atoms with Crippen LogP contribution in [0.5, 0.6) is 0 Å². The van der Waals surface area contributed by atoms with Gasteiger partial charge in [0.2, 0.25) is 0 Å². The number of rotatable bonds is 1. The van der Waals surface area contributed by atoms with Gasteiger partial charge in [0.1, 0.15) is 0 Å². The summed E-state index contributed by atoms with van der Waals surface area (Å²) in [5.41, 5.74) is 2.12. The maximum Gasteiger partial charge on any atom is 0.200 e. The Morgan fingerprint density at radius 2 is 1.94 bits per heavy atom. The van der Waals surface area contributed by atoms with Gasteiger partial charge >= 0.3 is 0 Å². The molecule has 2 heterocycles. The van der Waals surface area contributed by atoms with Gasteiger partial charge in [-0.25, -0.2) is 8.42 Å². The van der Waals surface area contributed by atoms with Crippen LogP contribution in [0.25, 0.3) is 6.08 Å². The number of sulfone groups is 1. The highest BCUT2D eigenvalue weighted by Gasteiger charge is 2.22. The quantitative estimate of drug-likeness (QED) is 0.827. The first-order valence-electron chi connectivity index (χ1n) is 5.95. The zero-order valence-corrected chi connectivity index (χ0v) is 10.3. The second-order valence-corrected chi connectivity index (χ2v) is 6.47. The molecular formula is C13H15NO2S. The highest BCUT2D eigenvalue weighted by Crippen LogP contribution is 2.32. The van der Waals surface area contributed by atoms with E-state index in [1.165, 1.54) is 11.0 Å². The SMILES string of the molecule is O=S1(=O)C=Cc2cc(C3CCNCC3)ccc21. The molecule has 2 aliphatic rings. The van der Waals surface area contributed by atoms with E-state index in [1.807, 2.05) is 12.1 Å². The predicted molar refractivity (Wildman–Crippen MR) is 67.5 cm³/mol. The van der Waals surface area contributed by atoms with Crippen molar-refractivity contribution in [1.29, 1.82) is 0 Å². The molecule has 1 N–H and O–H groups in total. The first kappa shape index (κ1) is 11.0. The van der Waals surface area contributed by atoms with Crippen LogP contribution in [0.3, 0.4) is 0 Å². The molecule has 2 aliphatic heterocycles. The molecule has 3 nitrogen and oxygen atoms in total. The van der Waals surface area contributed by atoms with E-state index >= 15 is 0 Å². The van der Waals surface area contributed by atoms with Crippen molar-refractivity contribution < 1.29 is 8.42 Å². The highest BCUT2D eigenvalue weighted by molar-refractivity contribution is 7.94. The van der Waals surface area contributed by atoms with Gasteiger partial charge in [-0.2, -0.15) is 0 Å². The Bertz CT molecular complexity index is 569. The van der Waals surface area contributed by atoms with Crippen LogP contribution in [-0.2, 0) is 9.84 Å². The van der Waals surface area contributed by atoms with E-state index in [4.69, 9.17) is 0 Å². The number of fused-ring (bicyclic) bond motifs is 1. The molecule has 0 unspecified atom stereocenters. The fraction of sp³-hybridized carbons (Fsp3) is 0.385. The zero-order valence-electron chi connectivity index (χ0n) is 9.52. The van der Waals surface area contributed by atoms with Gasteiger partial charge in [0, 0.05) is 5.41 Å². The molecule has 0 saturated carbocycles. The van der Waals surface area contributed by atoms with E-state index in [2.05, 4.69) is 5.32 Å². The van der Waals surface area contributed by atoms with Gasteiger partial charge in [0.15, 0.2) is 9.84 Å². The molecule has 90 valence electrons. The van der Waals surface area contributed by atoms with E-state index in [9.17, 15) is 8.42 Å². The fourth-order valence-electron chi connectivity index (χ4n) is 2.60. The number of benzene rings is 1. The summed E-state index contributed by atoms with van der Waals surface area (Å²) < 4.78 is 23.3. The third-order valence-electron chi connectivity index (χ3n) is 3.58. The smallest absolute Gasteiger partial charge is 0.200 e. The Kier molecular flexibility index (Phi) is 2.56. The Morgan fingerprint density at radius 1 is 1.18 bits per heavy atom. The van der Waals surface area contributed by atoms with E-state index in [0.717, 1.165) is 31.5 Å². The molecule has 1 aromatic rings. The molecule has 0 radical (unpaired) electrons. The topological polar surface area (TPSA) is 46.2 Å². The summed E-state index contributed by atoms with van der Waals surface area (Å²) in [4.78, 5) is 0.454. The average molecular weight is 249 g/mol. The fourth-order valence-corrected chi connectivity index (χ4v) is 3.79. The summed E-state index contributed by atoms with van der Waals surface area (Å²) in [5.74, 6) is 0.568. The van der Waals surface area contributed by atoms with Crippen molar-refractivity contribution >= 4 is 15.9 Å². The Morgan fingerprint density at radius 3 is 2.71 bits per heavy atom. The van der Waals surface area contributed by atoms with Crippen LogP contribution < -0.4 is 5.32 Å². The number of hydrogen-bond acceptors (Lipinski definition) is 3. The lowest BCUT2D eigenvalue weighted by molar-refractivity contribution is 0.460. The largest absolute Gasteiger partial charge is 0.317 e. The Balaban J connectivity index is 1.97. The van der Waals surface area contributed by atoms with Crippen molar-refractivity contribution in [1.82, 2.24) is 5.32 Å². The highest BCUT2D eigenvalue weighted by atomic mass is 32.2. The van der Waals surface area contributed by atoms with E-state index in [-0.39, 0.29) is 0 Å². The van der Waals surface area contributed by atoms with E-state index in [1.54, 1.807) is 12.1 Å². The van der Waals surface area contributed by atoms with Crippen LogP contribution in [0.2, 0.25) is 0 Å². The minimum Gasteiger partial charge on any atom is -0.317 e. The van der Waals surface area contributed by atoms with Gasteiger partial charge in [0.05, 0.1) is 4.90 Å². The van der Waals surface area contributed by atoms with E-state index < -0.39 is 9.84 Å². The van der Waals surface area contributed by atoms with Crippen molar-refractivity contribution in [2.45, 2.75) is 23.7 Å². The maximum absolute atomic E-state index is 11.6. The van der Waals surface area contributed by atoms with Crippen LogP contribution in [0, 0.1) is 0 Å². The maximum atomic E-state index is 11.6. The summed E-state index contributed by atoms with van der Waals surface area (Å²) in [6, 6.07) is 5.76. The van der Waals surface area contributed by atoms with Crippen molar-refractivity contribution in [2.24, 2.45) is 0 Å². The number of nitrogens with one attached hydrogen (secondary N) is 1. The van der Waals surface area contributed by atoms with Gasteiger partial charge in [-0.05, 0) is 55.1 Å². The molecule has 0 spiro atoms. The first-order chi connectivity index (χ1) is 8.17. The second kappa shape index (κ2) is 3.96. The molecule has 17 heavy (non-hydrogen) atoms. The normalized spacial score (nSPS) is 22.6. The Labute approximate surface area is 101 Å². The molecule has 0 amide bonds. The molecule has 1 saturated heterocycles. The predicted octanol–water partition coefficient (Wildman–Crippen LogP) is 1.91. The molecule has 1 fully saturated rings.